The molecule has 4 N–H and O–H groups in total. The van der Waals surface area contributed by atoms with Crippen LogP contribution in [0.1, 0.15) is 87.9 Å². The van der Waals surface area contributed by atoms with Crippen LogP contribution in [0.3, 0.4) is 0 Å². The highest BCUT2D eigenvalue weighted by atomic mass is 35.5. The predicted molar refractivity (Wildman–Crippen MR) is 258 cm³/mol. The Labute approximate surface area is 407 Å². The molecule has 358 valence electrons. The van der Waals surface area contributed by atoms with Crippen molar-refractivity contribution in [1.82, 2.24) is 30.4 Å². The number of halogens is 4. The number of benzene rings is 4. The Morgan fingerprint density at radius 2 is 1.65 bits per heavy atom. The lowest BCUT2D eigenvalue weighted by molar-refractivity contribution is -0.137. The Balaban J connectivity index is 0.00000642. The zero-order valence-electron chi connectivity index (χ0n) is 37.4. The number of aromatic nitrogens is 2. The Morgan fingerprint density at radius 1 is 0.884 bits per heavy atom. The SMILES string of the molecule is Cl.O=C1CCC(N2Cc3c(NC(=O)CCCCOCCN4CCC(NC(=O)c5ccc(Nc6ncc7c(n6)-c6ccc(Cl)cc6C(c6c(F)cccc6F)=NC7)cc5)CC4)cccc3C2=O)C(=O)N1. The van der Waals surface area contributed by atoms with Crippen molar-refractivity contribution >= 4 is 76.6 Å². The van der Waals surface area contributed by atoms with Crippen LogP contribution in [-0.2, 0) is 32.2 Å². The monoisotopic (exact) mass is 979 g/mol. The van der Waals surface area contributed by atoms with E-state index < -0.39 is 23.6 Å². The van der Waals surface area contributed by atoms with E-state index in [0.717, 1.165) is 32.5 Å². The summed E-state index contributed by atoms with van der Waals surface area (Å²) >= 11 is 6.36. The van der Waals surface area contributed by atoms with Gasteiger partial charge in [0.25, 0.3) is 11.8 Å². The average molecular weight is 981 g/mol. The number of carbonyl (C=O) groups excluding carboxylic acids is 5. The zero-order valence-corrected chi connectivity index (χ0v) is 38.9. The molecule has 2 saturated heterocycles. The third kappa shape index (κ3) is 11.1. The number of fused-ring (bicyclic) bond motifs is 4. The standard InChI is InChI=1S/C50H48ClF2N9O6.ClH/c51-31-12-15-34-36(25-31)46(44-38(52)6-4-7-39(44)53)54-26-30-27-55-50(60-45(30)34)57-32-13-10-29(11-14-32)47(65)56-33-18-20-61(21-19-33)22-24-68-23-2-1-9-42(63)58-40-8-3-5-35-37(40)28-62(49(35)67)41-16-17-43(64)59-48(41)66;/h3-8,10-15,25,27,33,41H,1-2,9,16-24,26,28H2,(H,56,65)(H,58,63)(H,55,57,60)(H,59,64,66);1H. The topological polar surface area (TPSA) is 187 Å². The van der Waals surface area contributed by atoms with E-state index in [2.05, 4.69) is 36.1 Å². The number of carbonyl (C=O) groups is 5. The molecule has 0 spiro atoms. The second-order valence-electron chi connectivity index (χ2n) is 17.2. The third-order valence-electron chi connectivity index (χ3n) is 12.6. The molecule has 2 fully saturated rings. The van der Waals surface area contributed by atoms with Gasteiger partial charge in [0.2, 0.25) is 23.7 Å². The van der Waals surface area contributed by atoms with Crippen molar-refractivity contribution in [2.75, 3.05) is 43.5 Å². The van der Waals surface area contributed by atoms with Crippen molar-refractivity contribution in [3.63, 3.8) is 0 Å². The number of unbranched alkanes of at least 4 members (excludes halogenated alkanes) is 1. The highest BCUT2D eigenvalue weighted by molar-refractivity contribution is 6.31. The lowest BCUT2D eigenvalue weighted by Gasteiger charge is -2.32. The molecule has 0 saturated carbocycles. The van der Waals surface area contributed by atoms with E-state index in [-0.39, 0.29) is 85.2 Å². The molecule has 19 heteroatoms. The minimum Gasteiger partial charge on any atom is -0.380 e. The maximum Gasteiger partial charge on any atom is 0.255 e. The van der Waals surface area contributed by atoms with Crippen LogP contribution in [-0.4, -0.2) is 99.9 Å². The quantitative estimate of drug-likeness (QED) is 0.0610. The van der Waals surface area contributed by atoms with Crippen LogP contribution in [0.5, 0.6) is 0 Å². The van der Waals surface area contributed by atoms with E-state index in [0.29, 0.717) is 87.9 Å². The third-order valence-corrected chi connectivity index (χ3v) is 12.9. The fourth-order valence-electron chi connectivity index (χ4n) is 9.03. The van der Waals surface area contributed by atoms with Crippen LogP contribution >= 0.6 is 24.0 Å². The first-order valence-electron chi connectivity index (χ1n) is 22.7. The Morgan fingerprint density at radius 3 is 2.42 bits per heavy atom. The van der Waals surface area contributed by atoms with Gasteiger partial charge in [-0.15, -0.1) is 12.4 Å². The molecule has 9 rings (SSSR count). The summed E-state index contributed by atoms with van der Waals surface area (Å²) in [5, 5.41) is 12.0. The molecular weight excluding hydrogens is 932 g/mol. The highest BCUT2D eigenvalue weighted by Crippen LogP contribution is 2.36. The lowest BCUT2D eigenvalue weighted by Crippen LogP contribution is -2.52. The summed E-state index contributed by atoms with van der Waals surface area (Å²) < 4.78 is 35.8. The molecule has 1 atom stereocenters. The summed E-state index contributed by atoms with van der Waals surface area (Å²) in [6.45, 7) is 3.77. The van der Waals surface area contributed by atoms with Crippen LogP contribution in [0.2, 0.25) is 5.02 Å². The molecule has 4 aliphatic rings. The minimum absolute atomic E-state index is 0. The van der Waals surface area contributed by atoms with Gasteiger partial charge in [0.1, 0.15) is 17.7 Å². The van der Waals surface area contributed by atoms with E-state index in [4.69, 9.17) is 21.3 Å². The summed E-state index contributed by atoms with van der Waals surface area (Å²) in [5.74, 6) is -2.62. The normalized spacial score (nSPS) is 16.9. The Kier molecular flexibility index (Phi) is 15.4. The van der Waals surface area contributed by atoms with Crippen molar-refractivity contribution in [1.29, 1.82) is 0 Å². The number of ether oxygens (including phenoxy) is 1. The number of rotatable bonds is 15. The minimum atomic E-state index is -0.734. The molecule has 4 aliphatic heterocycles. The first kappa shape index (κ1) is 48.8. The first-order chi connectivity index (χ1) is 33.0. The fourth-order valence-corrected chi connectivity index (χ4v) is 9.20. The molecule has 5 aromatic rings. The molecule has 0 bridgehead atoms. The number of anilines is 3. The van der Waals surface area contributed by atoms with Crippen LogP contribution in [0.4, 0.5) is 26.1 Å². The molecule has 69 heavy (non-hydrogen) atoms. The maximum atomic E-state index is 15.0. The van der Waals surface area contributed by atoms with Gasteiger partial charge in [-0.3, -0.25) is 34.3 Å². The van der Waals surface area contributed by atoms with E-state index in [1.165, 1.54) is 23.1 Å². The van der Waals surface area contributed by atoms with Crippen molar-refractivity contribution in [3.05, 3.63) is 135 Å². The van der Waals surface area contributed by atoms with Crippen molar-refractivity contribution < 1.29 is 37.5 Å². The molecule has 4 aromatic carbocycles. The van der Waals surface area contributed by atoms with Crippen molar-refractivity contribution in [2.24, 2.45) is 4.99 Å². The predicted octanol–water partition coefficient (Wildman–Crippen LogP) is 7.37. The van der Waals surface area contributed by atoms with E-state index in [1.807, 2.05) is 0 Å². The Bertz CT molecular complexity index is 2800. The second-order valence-corrected chi connectivity index (χ2v) is 17.6. The molecule has 0 aliphatic carbocycles. The largest absolute Gasteiger partial charge is 0.380 e. The number of nitrogens with one attached hydrogen (secondary N) is 4. The van der Waals surface area contributed by atoms with E-state index >= 15 is 0 Å². The number of aliphatic imine (C=N–C) groups is 1. The smallest absolute Gasteiger partial charge is 0.255 e. The van der Waals surface area contributed by atoms with Gasteiger partial charge in [-0.05, 0) is 92.8 Å². The maximum absolute atomic E-state index is 15.0. The van der Waals surface area contributed by atoms with Gasteiger partial charge in [-0.2, -0.15) is 0 Å². The summed E-state index contributed by atoms with van der Waals surface area (Å²) in [5.41, 5.74) is 5.00. The number of piperidine rings is 2. The van der Waals surface area contributed by atoms with Crippen molar-refractivity contribution in [2.45, 2.75) is 70.1 Å². The van der Waals surface area contributed by atoms with Gasteiger partial charge < -0.3 is 30.5 Å². The lowest BCUT2D eigenvalue weighted by atomic mass is 9.95. The number of imide groups is 1. The van der Waals surface area contributed by atoms with Crippen LogP contribution in [0.15, 0.2) is 90.1 Å². The number of nitrogens with zero attached hydrogens (tertiary/aromatic N) is 5. The van der Waals surface area contributed by atoms with Gasteiger partial charge in [0, 0.05) is 108 Å². The summed E-state index contributed by atoms with van der Waals surface area (Å²) in [7, 11) is 0. The van der Waals surface area contributed by atoms with Gasteiger partial charge in [-0.25, -0.2) is 18.7 Å². The average Bonchev–Trinajstić information content (AvgIpc) is 3.58. The zero-order chi connectivity index (χ0) is 47.3. The molecule has 1 aromatic heterocycles. The summed E-state index contributed by atoms with van der Waals surface area (Å²) in [6.07, 6.45) is 5.31. The van der Waals surface area contributed by atoms with Crippen LogP contribution in [0, 0.1) is 11.6 Å². The molecule has 15 nitrogen and oxygen atoms in total. The number of amides is 5. The number of hydrogen-bond acceptors (Lipinski definition) is 11. The summed E-state index contributed by atoms with van der Waals surface area (Å²) in [6, 6.07) is 20.2. The summed E-state index contributed by atoms with van der Waals surface area (Å²) in [4.78, 5) is 80.8. The molecule has 5 amide bonds. The molecule has 5 heterocycles. The van der Waals surface area contributed by atoms with Crippen molar-refractivity contribution in [3.8, 4) is 11.3 Å². The molecule has 1 unspecified atom stereocenters. The number of hydrogen-bond donors (Lipinski definition) is 4. The highest BCUT2D eigenvalue weighted by Gasteiger charge is 2.40. The second kappa shape index (κ2) is 21.7. The molecule has 0 radical (unpaired) electrons. The van der Waals surface area contributed by atoms with Gasteiger partial charge >= 0.3 is 0 Å². The Hall–Kier alpha value is -6.66. The van der Waals surface area contributed by atoms with E-state index in [9.17, 15) is 32.8 Å². The van der Waals surface area contributed by atoms with Gasteiger partial charge in [0.15, 0.2) is 0 Å². The van der Waals surface area contributed by atoms with Crippen LogP contribution in [0.25, 0.3) is 11.3 Å². The molecular formula is C50H49Cl2F2N9O6. The van der Waals surface area contributed by atoms with Gasteiger partial charge in [0.05, 0.1) is 30.1 Å². The van der Waals surface area contributed by atoms with Gasteiger partial charge in [-0.1, -0.05) is 29.8 Å². The fraction of sp³-hybridized carbons (Fsp3) is 0.320. The first-order valence-corrected chi connectivity index (χ1v) is 23.1. The van der Waals surface area contributed by atoms with Crippen LogP contribution < -0.4 is 21.3 Å². The number of likely N-dealkylation sites (tertiary alicyclic amines) is 1. The van der Waals surface area contributed by atoms with E-state index in [1.54, 1.807) is 66.9 Å².